The third-order valence-corrected chi connectivity index (χ3v) is 5.76. The van der Waals surface area contributed by atoms with Crippen LogP contribution in [0.1, 0.15) is 29.2 Å². The Kier molecular flexibility index (Phi) is 4.16. The molecule has 0 aliphatic carbocycles. The number of benzene rings is 2. The van der Waals surface area contributed by atoms with Crippen molar-refractivity contribution in [1.82, 2.24) is 14.8 Å². The first-order valence-corrected chi connectivity index (χ1v) is 9.93. The molecule has 1 aliphatic heterocycles. The first-order chi connectivity index (χ1) is 14.0. The molecule has 5 rings (SSSR count). The van der Waals surface area contributed by atoms with Crippen LogP contribution in [0.25, 0.3) is 17.1 Å². The minimum atomic E-state index is -0.126. The zero-order chi connectivity index (χ0) is 20.1. The number of para-hydroxylation sites is 2. The third-order valence-electron chi connectivity index (χ3n) is 5.14. The number of nitrogens with one attached hydrogen (secondary N) is 1. The Morgan fingerprint density at radius 1 is 1.28 bits per heavy atom. The van der Waals surface area contributed by atoms with E-state index in [0.29, 0.717) is 23.8 Å². The van der Waals surface area contributed by atoms with Crippen molar-refractivity contribution in [2.75, 3.05) is 12.4 Å². The number of aryl methyl sites for hydroxylation is 1. The molecule has 1 unspecified atom stereocenters. The van der Waals surface area contributed by atoms with Gasteiger partial charge in [0.2, 0.25) is 5.91 Å². The van der Waals surface area contributed by atoms with Gasteiger partial charge in [-0.15, -0.1) is 0 Å². The van der Waals surface area contributed by atoms with Crippen molar-refractivity contribution in [3.05, 3.63) is 63.8 Å². The predicted octanol–water partition coefficient (Wildman–Crippen LogP) is 4.57. The van der Waals surface area contributed by atoms with Gasteiger partial charge >= 0.3 is 6.01 Å². The molecule has 1 atom stereocenters. The molecule has 8 heteroatoms. The van der Waals surface area contributed by atoms with E-state index in [4.69, 9.17) is 9.15 Å². The van der Waals surface area contributed by atoms with Crippen LogP contribution in [0.5, 0.6) is 5.75 Å². The molecule has 0 fully saturated rings. The molecular formula is C21H17BrN4O3. The molecule has 2 aromatic carbocycles. The van der Waals surface area contributed by atoms with E-state index in [-0.39, 0.29) is 11.8 Å². The van der Waals surface area contributed by atoms with E-state index in [1.165, 1.54) is 0 Å². The quantitative estimate of drug-likeness (QED) is 0.492. The van der Waals surface area contributed by atoms with Gasteiger partial charge in [-0.25, -0.2) is 0 Å². The number of aromatic nitrogens is 3. The Hall–Kier alpha value is -3.13. The maximum absolute atomic E-state index is 12.5. The highest BCUT2D eigenvalue weighted by molar-refractivity contribution is 9.10. The van der Waals surface area contributed by atoms with Crippen molar-refractivity contribution >= 4 is 38.8 Å². The largest absolute Gasteiger partial charge is 0.496 e. The van der Waals surface area contributed by atoms with Gasteiger partial charge in [-0.1, -0.05) is 18.2 Å². The minimum absolute atomic E-state index is 0.0771. The van der Waals surface area contributed by atoms with Gasteiger partial charge in [0.1, 0.15) is 17.1 Å². The average Bonchev–Trinajstić information content (AvgIpc) is 3.28. The van der Waals surface area contributed by atoms with Gasteiger partial charge in [0.25, 0.3) is 0 Å². The van der Waals surface area contributed by atoms with E-state index >= 15 is 0 Å². The molecule has 1 aliphatic rings. The van der Waals surface area contributed by atoms with Crippen LogP contribution in [0.4, 0.5) is 5.82 Å². The summed E-state index contributed by atoms with van der Waals surface area (Å²) in [6.07, 6.45) is 0.339. The van der Waals surface area contributed by atoms with Crippen molar-refractivity contribution in [2.24, 2.45) is 0 Å². The van der Waals surface area contributed by atoms with Crippen LogP contribution in [-0.2, 0) is 4.79 Å². The number of hydrogen-bond donors (Lipinski definition) is 1. The molecule has 0 bridgehead atoms. The van der Waals surface area contributed by atoms with Crippen molar-refractivity contribution < 1.29 is 13.9 Å². The summed E-state index contributed by atoms with van der Waals surface area (Å²) in [4.78, 5) is 17.1. The summed E-state index contributed by atoms with van der Waals surface area (Å²) in [5.74, 6) is 1.14. The van der Waals surface area contributed by atoms with Crippen molar-refractivity contribution in [3.8, 4) is 11.8 Å². The van der Waals surface area contributed by atoms with E-state index in [2.05, 4.69) is 31.3 Å². The number of halogens is 1. The molecule has 2 aromatic heterocycles. The predicted molar refractivity (Wildman–Crippen MR) is 112 cm³/mol. The first kappa shape index (κ1) is 17.9. The smallest absolute Gasteiger partial charge is 0.325 e. The Morgan fingerprint density at radius 2 is 2.10 bits per heavy atom. The molecule has 0 saturated heterocycles. The van der Waals surface area contributed by atoms with Crippen LogP contribution in [0.3, 0.4) is 0 Å². The number of nitrogens with zero attached hydrogens (tertiary/aromatic N) is 3. The molecular weight excluding hydrogens is 436 g/mol. The summed E-state index contributed by atoms with van der Waals surface area (Å²) < 4.78 is 13.6. The molecule has 1 amide bonds. The lowest BCUT2D eigenvalue weighted by Gasteiger charge is -2.24. The molecule has 29 heavy (non-hydrogen) atoms. The average molecular weight is 453 g/mol. The highest BCUT2D eigenvalue weighted by atomic mass is 79.9. The van der Waals surface area contributed by atoms with Gasteiger partial charge < -0.3 is 14.5 Å². The number of hydrogen-bond acceptors (Lipinski definition) is 5. The van der Waals surface area contributed by atoms with E-state index < -0.39 is 0 Å². The first-order valence-electron chi connectivity index (χ1n) is 9.14. The Balaban J connectivity index is 1.65. The zero-order valence-corrected chi connectivity index (χ0v) is 17.4. The van der Waals surface area contributed by atoms with Gasteiger partial charge in [-0.3, -0.25) is 4.79 Å². The summed E-state index contributed by atoms with van der Waals surface area (Å²) in [5.41, 5.74) is 4.20. The number of oxazole rings is 1. The molecule has 0 saturated carbocycles. The second kappa shape index (κ2) is 6.73. The van der Waals surface area contributed by atoms with Gasteiger partial charge in [-0.05, 0) is 52.7 Å². The van der Waals surface area contributed by atoms with Gasteiger partial charge in [-0.2, -0.15) is 14.8 Å². The number of carbonyl (C=O) groups is 1. The third kappa shape index (κ3) is 2.91. The SMILES string of the molecule is COc1ccc(C2CC(=O)Nc3c2c(C)nn3-c2nc3ccccc3o2)cc1Br. The lowest BCUT2D eigenvalue weighted by Crippen LogP contribution is -2.25. The Morgan fingerprint density at radius 3 is 2.86 bits per heavy atom. The van der Waals surface area contributed by atoms with E-state index in [1.807, 2.05) is 49.4 Å². The summed E-state index contributed by atoms with van der Waals surface area (Å²) in [7, 11) is 1.63. The van der Waals surface area contributed by atoms with Gasteiger partial charge in [0, 0.05) is 17.9 Å². The van der Waals surface area contributed by atoms with Crippen LogP contribution < -0.4 is 10.1 Å². The fourth-order valence-corrected chi connectivity index (χ4v) is 4.38. The maximum Gasteiger partial charge on any atom is 0.325 e. The van der Waals surface area contributed by atoms with Crippen molar-refractivity contribution in [2.45, 2.75) is 19.3 Å². The number of rotatable bonds is 3. The summed E-state index contributed by atoms with van der Waals surface area (Å²) in [6.45, 7) is 1.93. The number of ether oxygens (including phenoxy) is 1. The zero-order valence-electron chi connectivity index (χ0n) is 15.8. The standard InChI is InChI=1S/C21H17BrN4O3/c1-11-19-13(12-7-8-16(28-2)14(22)9-12)10-18(27)24-20(19)26(25-11)21-23-15-5-3-4-6-17(15)29-21/h3-9,13H,10H2,1-2H3,(H,24,27). The van der Waals surface area contributed by atoms with Gasteiger partial charge in [0.05, 0.1) is 17.3 Å². The summed E-state index contributed by atoms with van der Waals surface area (Å²) >= 11 is 3.54. The number of amides is 1. The van der Waals surface area contributed by atoms with Crippen LogP contribution in [0.15, 0.2) is 51.4 Å². The molecule has 0 radical (unpaired) electrons. The second-order valence-corrected chi connectivity index (χ2v) is 7.78. The van der Waals surface area contributed by atoms with Crippen LogP contribution in [0.2, 0.25) is 0 Å². The fourth-order valence-electron chi connectivity index (χ4n) is 3.82. The highest BCUT2D eigenvalue weighted by Gasteiger charge is 2.34. The van der Waals surface area contributed by atoms with Crippen LogP contribution in [0, 0.1) is 6.92 Å². The van der Waals surface area contributed by atoms with Crippen molar-refractivity contribution in [1.29, 1.82) is 0 Å². The summed E-state index contributed by atoms with van der Waals surface area (Å²) in [5, 5.41) is 7.59. The molecule has 0 spiro atoms. The minimum Gasteiger partial charge on any atom is -0.496 e. The lowest BCUT2D eigenvalue weighted by molar-refractivity contribution is -0.116. The fraction of sp³-hybridized carbons (Fsp3) is 0.190. The monoisotopic (exact) mass is 452 g/mol. The van der Waals surface area contributed by atoms with Crippen LogP contribution >= 0.6 is 15.9 Å². The second-order valence-electron chi connectivity index (χ2n) is 6.92. The lowest BCUT2D eigenvalue weighted by atomic mass is 9.86. The number of fused-ring (bicyclic) bond motifs is 2. The van der Waals surface area contributed by atoms with E-state index in [0.717, 1.165) is 32.6 Å². The molecule has 7 nitrogen and oxygen atoms in total. The number of carbonyl (C=O) groups excluding carboxylic acids is 1. The molecule has 3 heterocycles. The van der Waals surface area contributed by atoms with E-state index in [9.17, 15) is 4.79 Å². The van der Waals surface area contributed by atoms with Crippen molar-refractivity contribution in [3.63, 3.8) is 0 Å². The Bertz CT molecular complexity index is 1230. The van der Waals surface area contributed by atoms with Gasteiger partial charge in [0.15, 0.2) is 5.58 Å². The highest BCUT2D eigenvalue weighted by Crippen LogP contribution is 2.42. The van der Waals surface area contributed by atoms with Crippen LogP contribution in [-0.4, -0.2) is 27.8 Å². The number of anilines is 1. The number of methoxy groups -OCH3 is 1. The molecule has 4 aromatic rings. The Labute approximate surface area is 174 Å². The topological polar surface area (TPSA) is 82.2 Å². The molecule has 1 N–H and O–H groups in total. The summed E-state index contributed by atoms with van der Waals surface area (Å²) in [6, 6.07) is 13.7. The van der Waals surface area contributed by atoms with E-state index in [1.54, 1.807) is 11.8 Å². The molecule has 146 valence electrons. The maximum atomic E-state index is 12.5. The normalized spacial score (nSPS) is 16.0.